The maximum absolute atomic E-state index is 12.7. The molecule has 1 aliphatic carbocycles. The Morgan fingerprint density at radius 2 is 1.67 bits per heavy atom. The lowest BCUT2D eigenvalue weighted by atomic mass is 9.71. The molecule has 2 rings (SSSR count). The number of likely N-dealkylation sites (tertiary alicyclic amines) is 1. The van der Waals surface area contributed by atoms with Crippen LogP contribution in [0.3, 0.4) is 0 Å². The van der Waals surface area contributed by atoms with Gasteiger partial charge < -0.3 is 10.6 Å². The van der Waals surface area contributed by atoms with Crippen LogP contribution in [-0.4, -0.2) is 30.4 Å². The normalized spacial score (nSPS) is 23.7. The molecule has 124 valence electrons. The minimum atomic E-state index is 0. The average molecular weight is 317 g/mol. The number of hydrogen-bond acceptors (Lipinski definition) is 2. The molecule has 0 radical (unpaired) electrons. The van der Waals surface area contributed by atoms with Crippen LogP contribution in [0, 0.1) is 10.8 Å². The SMILES string of the molecule is CCC1(CC)CCN(C(=O)CC2(CN)CCCCC2)C1.Cl. The predicted molar refractivity (Wildman–Crippen MR) is 90.6 cm³/mol. The second kappa shape index (κ2) is 7.82. The molecule has 2 fully saturated rings. The number of carbonyl (C=O) groups excluding carboxylic acids is 1. The fourth-order valence-electron chi connectivity index (χ4n) is 4.16. The van der Waals surface area contributed by atoms with E-state index in [-0.39, 0.29) is 17.8 Å². The third kappa shape index (κ3) is 4.13. The summed E-state index contributed by atoms with van der Waals surface area (Å²) in [5, 5.41) is 0. The zero-order valence-corrected chi connectivity index (χ0v) is 14.6. The Balaban J connectivity index is 0.00000220. The molecule has 21 heavy (non-hydrogen) atoms. The largest absolute Gasteiger partial charge is 0.342 e. The standard InChI is InChI=1S/C17H32N2O.ClH/c1-3-16(4-2)10-11-19(14-16)15(20)12-17(13-18)8-6-5-7-9-17;/h3-14,18H2,1-2H3;1H. The molecule has 1 saturated carbocycles. The molecular formula is C17H33ClN2O. The molecule has 2 aliphatic rings. The Morgan fingerprint density at radius 1 is 1.05 bits per heavy atom. The van der Waals surface area contributed by atoms with Crippen molar-refractivity contribution in [2.45, 2.75) is 71.6 Å². The third-order valence-corrected chi connectivity index (χ3v) is 6.16. The zero-order valence-electron chi connectivity index (χ0n) is 13.8. The summed E-state index contributed by atoms with van der Waals surface area (Å²) in [4.78, 5) is 14.8. The monoisotopic (exact) mass is 316 g/mol. The number of rotatable bonds is 5. The summed E-state index contributed by atoms with van der Waals surface area (Å²) in [5.41, 5.74) is 6.52. The molecule has 4 heteroatoms. The van der Waals surface area contributed by atoms with E-state index in [9.17, 15) is 4.79 Å². The van der Waals surface area contributed by atoms with Crippen molar-refractivity contribution in [1.29, 1.82) is 0 Å². The van der Waals surface area contributed by atoms with E-state index in [2.05, 4.69) is 18.7 Å². The fraction of sp³-hybridized carbons (Fsp3) is 0.941. The lowest BCUT2D eigenvalue weighted by molar-refractivity contribution is -0.133. The lowest BCUT2D eigenvalue weighted by Gasteiger charge is -2.37. The van der Waals surface area contributed by atoms with Gasteiger partial charge in [-0.1, -0.05) is 33.1 Å². The molecule has 3 nitrogen and oxygen atoms in total. The Hall–Kier alpha value is -0.280. The van der Waals surface area contributed by atoms with Crippen LogP contribution < -0.4 is 5.73 Å². The van der Waals surface area contributed by atoms with Crippen molar-refractivity contribution in [3.8, 4) is 0 Å². The molecule has 2 N–H and O–H groups in total. The minimum Gasteiger partial charge on any atom is -0.342 e. The van der Waals surface area contributed by atoms with Gasteiger partial charge in [-0.3, -0.25) is 4.79 Å². The van der Waals surface area contributed by atoms with Crippen LogP contribution in [-0.2, 0) is 4.79 Å². The van der Waals surface area contributed by atoms with Crippen molar-refractivity contribution in [1.82, 2.24) is 4.90 Å². The molecule has 1 heterocycles. The van der Waals surface area contributed by atoms with Crippen LogP contribution in [0.5, 0.6) is 0 Å². The topological polar surface area (TPSA) is 46.3 Å². The first-order valence-electron chi connectivity index (χ1n) is 8.56. The Bertz CT molecular complexity index is 336. The van der Waals surface area contributed by atoms with Gasteiger partial charge in [0.2, 0.25) is 5.91 Å². The molecule has 0 aromatic rings. The second-order valence-corrected chi connectivity index (χ2v) is 7.21. The van der Waals surface area contributed by atoms with Crippen LogP contribution in [0.2, 0.25) is 0 Å². The maximum Gasteiger partial charge on any atom is 0.223 e. The van der Waals surface area contributed by atoms with E-state index in [1.807, 2.05) is 0 Å². The summed E-state index contributed by atoms with van der Waals surface area (Å²) >= 11 is 0. The highest BCUT2D eigenvalue weighted by Crippen LogP contribution is 2.41. The second-order valence-electron chi connectivity index (χ2n) is 7.21. The maximum atomic E-state index is 12.7. The van der Waals surface area contributed by atoms with E-state index in [0.29, 0.717) is 24.3 Å². The summed E-state index contributed by atoms with van der Waals surface area (Å²) in [6, 6.07) is 0. The highest BCUT2D eigenvalue weighted by Gasteiger charge is 2.40. The van der Waals surface area contributed by atoms with Crippen molar-refractivity contribution < 1.29 is 4.79 Å². The van der Waals surface area contributed by atoms with E-state index in [4.69, 9.17) is 5.73 Å². The number of carbonyl (C=O) groups is 1. The Morgan fingerprint density at radius 3 is 2.14 bits per heavy atom. The summed E-state index contributed by atoms with van der Waals surface area (Å²) < 4.78 is 0. The van der Waals surface area contributed by atoms with E-state index in [1.165, 1.54) is 38.5 Å². The van der Waals surface area contributed by atoms with Gasteiger partial charge in [-0.15, -0.1) is 12.4 Å². The highest BCUT2D eigenvalue weighted by molar-refractivity contribution is 5.85. The van der Waals surface area contributed by atoms with Gasteiger partial charge in [-0.25, -0.2) is 0 Å². The van der Waals surface area contributed by atoms with Gasteiger partial charge >= 0.3 is 0 Å². The average Bonchev–Trinajstić information content (AvgIpc) is 2.93. The van der Waals surface area contributed by atoms with Crippen LogP contribution in [0.4, 0.5) is 0 Å². The van der Waals surface area contributed by atoms with Gasteiger partial charge in [-0.05, 0) is 49.5 Å². The van der Waals surface area contributed by atoms with Gasteiger partial charge in [0.25, 0.3) is 0 Å². The molecule has 0 aromatic carbocycles. The first-order valence-corrected chi connectivity index (χ1v) is 8.56. The summed E-state index contributed by atoms with van der Waals surface area (Å²) in [6.45, 7) is 7.14. The van der Waals surface area contributed by atoms with Crippen LogP contribution in [0.1, 0.15) is 71.6 Å². The minimum absolute atomic E-state index is 0. The zero-order chi connectivity index (χ0) is 14.6. The fourth-order valence-corrected chi connectivity index (χ4v) is 4.16. The lowest BCUT2D eigenvalue weighted by Crippen LogP contribution is -2.40. The quantitative estimate of drug-likeness (QED) is 0.839. The van der Waals surface area contributed by atoms with Crippen molar-refractivity contribution in [2.24, 2.45) is 16.6 Å². The molecular weight excluding hydrogens is 284 g/mol. The molecule has 1 saturated heterocycles. The van der Waals surface area contributed by atoms with Gasteiger partial charge in [0.1, 0.15) is 0 Å². The number of nitrogens with zero attached hydrogens (tertiary/aromatic N) is 1. The summed E-state index contributed by atoms with van der Waals surface area (Å²) in [6.07, 6.45) is 10.4. The van der Waals surface area contributed by atoms with Crippen molar-refractivity contribution in [3.05, 3.63) is 0 Å². The smallest absolute Gasteiger partial charge is 0.223 e. The third-order valence-electron chi connectivity index (χ3n) is 6.16. The molecule has 0 aromatic heterocycles. The molecule has 0 spiro atoms. The Labute approximate surface area is 136 Å². The summed E-state index contributed by atoms with van der Waals surface area (Å²) in [7, 11) is 0. The van der Waals surface area contributed by atoms with Crippen molar-refractivity contribution >= 4 is 18.3 Å². The van der Waals surface area contributed by atoms with Gasteiger partial charge in [0.15, 0.2) is 0 Å². The van der Waals surface area contributed by atoms with E-state index < -0.39 is 0 Å². The predicted octanol–water partition coefficient (Wildman–Crippen LogP) is 3.75. The molecule has 0 bridgehead atoms. The molecule has 1 aliphatic heterocycles. The van der Waals surface area contributed by atoms with Crippen LogP contribution in [0.25, 0.3) is 0 Å². The van der Waals surface area contributed by atoms with Crippen LogP contribution >= 0.6 is 12.4 Å². The molecule has 0 unspecified atom stereocenters. The molecule has 1 amide bonds. The van der Waals surface area contributed by atoms with E-state index in [0.717, 1.165) is 25.9 Å². The van der Waals surface area contributed by atoms with Gasteiger partial charge in [0.05, 0.1) is 0 Å². The van der Waals surface area contributed by atoms with Crippen molar-refractivity contribution in [2.75, 3.05) is 19.6 Å². The van der Waals surface area contributed by atoms with Crippen LogP contribution in [0.15, 0.2) is 0 Å². The van der Waals surface area contributed by atoms with E-state index >= 15 is 0 Å². The Kier molecular flexibility index (Phi) is 6.99. The summed E-state index contributed by atoms with van der Waals surface area (Å²) in [5.74, 6) is 0.362. The van der Waals surface area contributed by atoms with Gasteiger partial charge in [-0.2, -0.15) is 0 Å². The van der Waals surface area contributed by atoms with E-state index in [1.54, 1.807) is 0 Å². The number of halogens is 1. The first kappa shape index (κ1) is 18.8. The van der Waals surface area contributed by atoms with Gasteiger partial charge in [0, 0.05) is 19.5 Å². The number of nitrogens with two attached hydrogens (primary N) is 1. The first-order chi connectivity index (χ1) is 9.59. The number of hydrogen-bond donors (Lipinski definition) is 1. The molecule has 0 atom stereocenters. The number of amides is 1. The van der Waals surface area contributed by atoms with Crippen molar-refractivity contribution in [3.63, 3.8) is 0 Å². The highest BCUT2D eigenvalue weighted by atomic mass is 35.5.